The molecular formula is C10H15O3P. The summed E-state index contributed by atoms with van der Waals surface area (Å²) >= 11 is 0. The molecule has 0 aliphatic heterocycles. The maximum Gasteiger partial charge on any atom is 0.327 e. The van der Waals surface area contributed by atoms with Crippen LogP contribution in [0.4, 0.5) is 0 Å². The number of hydrogen-bond donors (Lipinski definition) is 2. The standard InChI is InChI=1S/C6H4.C4H11O3P/c1-2-6-4-3-5(1)6;1-4(2,3)7-8(5)6/h1-4H;5-6H,1-3H3. The SMILES string of the molecule is CC(C)(C)OP(O)O.c1cc2ccc1-2. The van der Waals surface area contributed by atoms with Crippen LogP contribution in [0.1, 0.15) is 20.8 Å². The Balaban J connectivity index is 0.000000143. The van der Waals surface area contributed by atoms with Gasteiger partial charge in [-0.25, -0.2) is 0 Å². The molecule has 0 fully saturated rings. The maximum atomic E-state index is 8.29. The van der Waals surface area contributed by atoms with E-state index in [1.165, 1.54) is 11.1 Å². The van der Waals surface area contributed by atoms with E-state index in [2.05, 4.69) is 28.8 Å². The Morgan fingerprint density at radius 2 is 1.36 bits per heavy atom. The highest BCUT2D eigenvalue weighted by molar-refractivity contribution is 7.39. The van der Waals surface area contributed by atoms with Crippen LogP contribution in [0.25, 0.3) is 11.1 Å². The first-order valence-corrected chi connectivity index (χ1v) is 5.52. The van der Waals surface area contributed by atoms with E-state index in [9.17, 15) is 0 Å². The quantitative estimate of drug-likeness (QED) is 0.717. The Hall–Kier alpha value is -0.470. The lowest BCUT2D eigenvalue weighted by molar-refractivity contribution is 0.109. The lowest BCUT2D eigenvalue weighted by atomic mass is 9.95. The fourth-order valence-corrected chi connectivity index (χ4v) is 1.40. The molecular weight excluding hydrogens is 199 g/mol. The van der Waals surface area contributed by atoms with E-state index in [1.54, 1.807) is 20.8 Å². The van der Waals surface area contributed by atoms with Crippen molar-refractivity contribution in [2.24, 2.45) is 0 Å². The minimum Gasteiger partial charge on any atom is -0.328 e. The van der Waals surface area contributed by atoms with Gasteiger partial charge in [0.05, 0.1) is 5.60 Å². The largest absolute Gasteiger partial charge is 0.328 e. The van der Waals surface area contributed by atoms with Gasteiger partial charge in [-0.2, -0.15) is 0 Å². The fourth-order valence-electron chi connectivity index (χ4n) is 0.908. The summed E-state index contributed by atoms with van der Waals surface area (Å²) in [6.45, 7) is 5.28. The summed E-state index contributed by atoms with van der Waals surface area (Å²) in [5.74, 6) is 0. The van der Waals surface area contributed by atoms with Gasteiger partial charge < -0.3 is 14.3 Å². The van der Waals surface area contributed by atoms with Crippen LogP contribution in [0.15, 0.2) is 24.3 Å². The maximum absolute atomic E-state index is 8.29. The molecule has 0 saturated heterocycles. The van der Waals surface area contributed by atoms with Crippen molar-refractivity contribution in [2.75, 3.05) is 0 Å². The van der Waals surface area contributed by atoms with Crippen LogP contribution >= 0.6 is 8.60 Å². The van der Waals surface area contributed by atoms with Crippen molar-refractivity contribution in [2.45, 2.75) is 26.4 Å². The summed E-state index contributed by atoms with van der Waals surface area (Å²) in [7, 11) is -2.19. The highest BCUT2D eigenvalue weighted by Gasteiger charge is 2.14. The van der Waals surface area contributed by atoms with Crippen LogP contribution in [-0.2, 0) is 4.52 Å². The van der Waals surface area contributed by atoms with Crippen LogP contribution in [-0.4, -0.2) is 15.4 Å². The van der Waals surface area contributed by atoms with Crippen LogP contribution in [0.5, 0.6) is 0 Å². The van der Waals surface area contributed by atoms with Crippen LogP contribution in [0.2, 0.25) is 0 Å². The molecule has 0 unspecified atom stereocenters. The van der Waals surface area contributed by atoms with E-state index in [1.807, 2.05) is 0 Å². The van der Waals surface area contributed by atoms with Gasteiger partial charge >= 0.3 is 8.60 Å². The molecule has 3 nitrogen and oxygen atoms in total. The second-order valence-corrected chi connectivity index (χ2v) is 4.72. The van der Waals surface area contributed by atoms with E-state index in [0.29, 0.717) is 0 Å². The molecule has 0 aromatic carbocycles. The van der Waals surface area contributed by atoms with Gasteiger partial charge in [0.25, 0.3) is 0 Å². The third-order valence-corrected chi connectivity index (χ3v) is 2.28. The van der Waals surface area contributed by atoms with E-state index in [-0.39, 0.29) is 0 Å². The zero-order chi connectivity index (χ0) is 10.8. The molecule has 0 spiro atoms. The highest BCUT2D eigenvalue weighted by Crippen LogP contribution is 2.31. The topological polar surface area (TPSA) is 49.7 Å². The molecule has 0 bridgehead atoms. The molecule has 0 aromatic heterocycles. The van der Waals surface area contributed by atoms with Crippen molar-refractivity contribution >= 4 is 8.60 Å². The molecule has 2 N–H and O–H groups in total. The van der Waals surface area contributed by atoms with Gasteiger partial charge in [-0.3, -0.25) is 0 Å². The lowest BCUT2D eigenvalue weighted by Crippen LogP contribution is -2.15. The molecule has 0 saturated carbocycles. The van der Waals surface area contributed by atoms with Gasteiger partial charge in [0, 0.05) is 0 Å². The summed E-state index contributed by atoms with van der Waals surface area (Å²) in [6, 6.07) is 8.48. The number of hydrogen-bond acceptors (Lipinski definition) is 3. The zero-order valence-corrected chi connectivity index (χ0v) is 9.45. The Morgan fingerprint density at radius 1 is 1.00 bits per heavy atom. The van der Waals surface area contributed by atoms with Gasteiger partial charge in [-0.05, 0) is 31.9 Å². The van der Waals surface area contributed by atoms with Crippen molar-refractivity contribution in [3.05, 3.63) is 24.3 Å². The average Bonchev–Trinajstić information content (AvgIpc) is 1.92. The smallest absolute Gasteiger partial charge is 0.327 e. The summed E-state index contributed by atoms with van der Waals surface area (Å²) in [5.41, 5.74) is 2.40. The summed E-state index contributed by atoms with van der Waals surface area (Å²) in [4.78, 5) is 16.6. The number of fused-ring (bicyclic) bond motifs is 1. The predicted octanol–water partition coefficient (Wildman–Crippen LogP) is 2.68. The van der Waals surface area contributed by atoms with E-state index in [0.717, 1.165) is 0 Å². The van der Waals surface area contributed by atoms with Crippen molar-refractivity contribution in [1.29, 1.82) is 0 Å². The predicted molar refractivity (Wildman–Crippen MR) is 57.6 cm³/mol. The van der Waals surface area contributed by atoms with Crippen molar-refractivity contribution < 1.29 is 14.3 Å². The van der Waals surface area contributed by atoms with Gasteiger partial charge in [-0.15, -0.1) is 0 Å². The fraction of sp³-hybridized carbons (Fsp3) is 0.400. The second-order valence-electron chi connectivity index (χ2n) is 4.03. The van der Waals surface area contributed by atoms with Gasteiger partial charge in [0.1, 0.15) is 0 Å². The third kappa shape index (κ3) is 3.72. The Kier molecular flexibility index (Phi) is 3.62. The van der Waals surface area contributed by atoms with E-state index in [4.69, 9.17) is 9.79 Å². The number of benzene rings is 1. The molecule has 2 aliphatic carbocycles. The Morgan fingerprint density at radius 3 is 1.36 bits per heavy atom. The van der Waals surface area contributed by atoms with Crippen molar-refractivity contribution in [3.8, 4) is 11.1 Å². The van der Waals surface area contributed by atoms with Gasteiger partial charge in [0.15, 0.2) is 0 Å². The summed E-state index contributed by atoms with van der Waals surface area (Å²) in [6.07, 6.45) is 0. The Bertz CT molecular complexity index is 266. The summed E-state index contributed by atoms with van der Waals surface area (Å²) in [5, 5.41) is 0. The van der Waals surface area contributed by atoms with Crippen LogP contribution in [0.3, 0.4) is 0 Å². The van der Waals surface area contributed by atoms with Crippen LogP contribution < -0.4 is 0 Å². The lowest BCUT2D eigenvalue weighted by Gasteiger charge is -2.18. The molecule has 2 rings (SSSR count). The first kappa shape index (κ1) is 11.6. The van der Waals surface area contributed by atoms with E-state index >= 15 is 0 Å². The average molecular weight is 214 g/mol. The molecule has 0 radical (unpaired) electrons. The second kappa shape index (κ2) is 4.37. The molecule has 0 heterocycles. The molecule has 0 atom stereocenters. The molecule has 0 aromatic rings. The Labute approximate surface area is 85.4 Å². The van der Waals surface area contributed by atoms with Gasteiger partial charge in [-0.1, -0.05) is 24.3 Å². The highest BCUT2D eigenvalue weighted by atomic mass is 31.2. The first-order chi connectivity index (χ1) is 6.38. The number of rotatable bonds is 1. The zero-order valence-electron chi connectivity index (χ0n) is 8.56. The van der Waals surface area contributed by atoms with Gasteiger partial charge in [0.2, 0.25) is 0 Å². The monoisotopic (exact) mass is 214 g/mol. The molecule has 2 aliphatic rings. The molecule has 14 heavy (non-hydrogen) atoms. The minimum absolute atomic E-state index is 0.449. The molecule has 78 valence electrons. The third-order valence-electron chi connectivity index (χ3n) is 1.57. The summed E-state index contributed by atoms with van der Waals surface area (Å²) < 4.78 is 4.61. The van der Waals surface area contributed by atoms with Crippen molar-refractivity contribution in [1.82, 2.24) is 0 Å². The normalized spacial score (nSPS) is 12.1. The van der Waals surface area contributed by atoms with Crippen LogP contribution in [0, 0.1) is 0 Å². The first-order valence-electron chi connectivity index (χ1n) is 4.36. The minimum atomic E-state index is -2.19. The molecule has 4 heteroatoms. The van der Waals surface area contributed by atoms with Crippen molar-refractivity contribution in [3.63, 3.8) is 0 Å². The van der Waals surface area contributed by atoms with E-state index < -0.39 is 14.2 Å². The molecule has 0 amide bonds.